The SMILES string of the molecule is CC(C)C[C@H](NC(=O)[C@@H]1CCCN1C(=O)[C@@H](NC(=O)[C@H](CCC(N)=O)NC(=O)[C@H](CO)NC(=O)[C@H](CCCCNC(=O)OC(C)(C)C)NC(=O)OCc1ccccc1)[C@@H](C)O)C(=O)N[C@H](C(=O)N[C@H](C(=O)N[C@@H](CC(C)C)C(=O)OC(C)(C)C)[C@@H](C)O)C(C)C. The fourth-order valence-corrected chi connectivity index (χ4v) is 9.30. The summed E-state index contributed by atoms with van der Waals surface area (Å²) in [7, 11) is 0. The standard InChI is InChI=1S/C61H101N11O18/c1-33(2)29-41(51(79)69-46(35(5)6)54(82)70-47(36(7)74)55(83)66-42(30-34(3)4)57(85)89-60(9,10)11)65-53(81)44-24-20-28-72(44)56(84)48(37(8)75)71-50(78)40(25-26-45(62)76)64-52(80)43(31-73)67-49(77)39(23-18-19-27-63-58(86)90-61(12,13)14)68-59(87)88-32-38-21-16-15-17-22-38/h15-17,21-22,33-37,39-44,46-48,73-75H,18-20,23-32H2,1-14H3,(H2,62,76)(H,63,86)(H,64,80)(H,65,81)(H,66,83)(H,67,77)(H,68,87)(H,69,79)(H,70,82)(H,71,78)/t36-,37-,39+,40+,41+,42+,43+,44+,46+,47+,48+/m1/s1. The topological polar surface area (TPSA) is 431 Å². The zero-order valence-corrected chi connectivity index (χ0v) is 54.7. The van der Waals surface area contributed by atoms with Crippen LogP contribution in [0, 0.1) is 17.8 Å². The summed E-state index contributed by atoms with van der Waals surface area (Å²) in [6, 6.07) is -4.58. The van der Waals surface area contributed by atoms with Crippen molar-refractivity contribution in [1.29, 1.82) is 0 Å². The van der Waals surface area contributed by atoms with Gasteiger partial charge in [0.05, 0.1) is 18.8 Å². The Labute approximate surface area is 527 Å². The van der Waals surface area contributed by atoms with Crippen molar-refractivity contribution in [3.63, 3.8) is 0 Å². The second-order valence-electron chi connectivity index (χ2n) is 25.8. The lowest BCUT2D eigenvalue weighted by atomic mass is 9.98. The number of hydrogen-bond donors (Lipinski definition) is 13. The lowest BCUT2D eigenvalue weighted by molar-refractivity contribution is -0.159. The van der Waals surface area contributed by atoms with Crippen LogP contribution in [0.4, 0.5) is 9.59 Å². The zero-order chi connectivity index (χ0) is 68.4. The first-order chi connectivity index (χ1) is 41.8. The molecule has 1 aromatic carbocycles. The number of nitrogens with zero attached hydrogens (tertiary/aromatic N) is 1. The number of ether oxygens (including phenoxy) is 3. The molecule has 1 fully saturated rings. The quantitative estimate of drug-likeness (QED) is 0.0250. The Morgan fingerprint density at radius 1 is 0.578 bits per heavy atom. The average molecular weight is 1280 g/mol. The molecule has 0 aliphatic carbocycles. The Morgan fingerprint density at radius 3 is 1.62 bits per heavy atom. The molecule has 1 aromatic rings. The fraction of sp³-hybridized carbons (Fsp3) is 0.705. The van der Waals surface area contributed by atoms with Crippen molar-refractivity contribution < 1.29 is 87.1 Å². The highest BCUT2D eigenvalue weighted by atomic mass is 16.6. The van der Waals surface area contributed by atoms with Crippen molar-refractivity contribution in [2.24, 2.45) is 23.5 Å². The molecule has 0 spiro atoms. The third kappa shape index (κ3) is 28.9. The summed E-state index contributed by atoms with van der Waals surface area (Å²) in [6.45, 7) is 21.9. The average Bonchev–Trinajstić information content (AvgIpc) is 1.70. The van der Waals surface area contributed by atoms with Gasteiger partial charge in [-0.15, -0.1) is 0 Å². The molecule has 11 amide bonds. The molecule has 29 heteroatoms. The maximum atomic E-state index is 14.4. The van der Waals surface area contributed by atoms with Crippen molar-refractivity contribution >= 4 is 71.3 Å². The van der Waals surface area contributed by atoms with E-state index in [0.717, 1.165) is 4.90 Å². The molecule has 0 unspecified atom stereocenters. The summed E-state index contributed by atoms with van der Waals surface area (Å²) in [5.41, 5.74) is 4.43. The molecule has 0 bridgehead atoms. The van der Waals surface area contributed by atoms with Gasteiger partial charge in [-0.1, -0.05) is 71.9 Å². The number of alkyl carbamates (subject to hydrolysis) is 2. The van der Waals surface area contributed by atoms with Gasteiger partial charge in [0, 0.05) is 19.5 Å². The Morgan fingerprint density at radius 2 is 1.08 bits per heavy atom. The minimum absolute atomic E-state index is 0.0365. The number of carbonyl (C=O) groups is 12. The molecule has 11 atom stereocenters. The number of benzene rings is 1. The van der Waals surface area contributed by atoms with Crippen molar-refractivity contribution in [3.8, 4) is 0 Å². The van der Waals surface area contributed by atoms with Crippen LogP contribution in [-0.2, 0) is 68.8 Å². The van der Waals surface area contributed by atoms with Crippen LogP contribution in [0.2, 0.25) is 0 Å². The molecule has 1 aliphatic rings. The minimum atomic E-state index is -1.79. The molecule has 1 saturated heterocycles. The summed E-state index contributed by atoms with van der Waals surface area (Å²) in [5.74, 6) is -10.1. The summed E-state index contributed by atoms with van der Waals surface area (Å²) in [4.78, 5) is 164. The van der Waals surface area contributed by atoms with Gasteiger partial charge in [-0.25, -0.2) is 14.4 Å². The Kier molecular flexibility index (Phi) is 32.7. The monoisotopic (exact) mass is 1280 g/mol. The van der Waals surface area contributed by atoms with Gasteiger partial charge in [-0.2, -0.15) is 0 Å². The zero-order valence-electron chi connectivity index (χ0n) is 54.7. The fourth-order valence-electron chi connectivity index (χ4n) is 9.30. The van der Waals surface area contributed by atoms with Crippen molar-refractivity contribution in [2.75, 3.05) is 19.7 Å². The number of amides is 11. The molecule has 29 nitrogen and oxygen atoms in total. The number of carbonyl (C=O) groups excluding carboxylic acids is 12. The van der Waals surface area contributed by atoms with Gasteiger partial charge in [-0.3, -0.25) is 43.2 Å². The number of aliphatic hydroxyl groups is 3. The van der Waals surface area contributed by atoms with Crippen LogP contribution >= 0.6 is 0 Å². The van der Waals surface area contributed by atoms with Gasteiger partial charge < -0.3 is 88.0 Å². The number of nitrogens with one attached hydrogen (secondary N) is 9. The van der Waals surface area contributed by atoms with Crippen molar-refractivity contribution in [3.05, 3.63) is 35.9 Å². The Hall–Kier alpha value is -7.66. The van der Waals surface area contributed by atoms with E-state index in [4.69, 9.17) is 19.9 Å². The van der Waals surface area contributed by atoms with Gasteiger partial charge in [0.2, 0.25) is 53.2 Å². The van der Waals surface area contributed by atoms with Gasteiger partial charge >= 0.3 is 18.2 Å². The van der Waals surface area contributed by atoms with Gasteiger partial charge in [-0.05, 0) is 130 Å². The molecular weight excluding hydrogens is 1170 g/mol. The highest BCUT2D eigenvalue weighted by Crippen LogP contribution is 2.22. The number of primary amides is 1. The van der Waals surface area contributed by atoms with E-state index in [1.165, 1.54) is 13.8 Å². The molecule has 1 heterocycles. The van der Waals surface area contributed by atoms with Gasteiger partial charge in [0.15, 0.2) is 0 Å². The number of hydrogen-bond acceptors (Lipinski definition) is 18. The molecule has 14 N–H and O–H groups in total. The number of rotatable bonds is 35. The van der Waals surface area contributed by atoms with Crippen LogP contribution in [0.25, 0.3) is 0 Å². The molecular formula is C61H101N11O18. The number of aliphatic hydroxyl groups excluding tert-OH is 3. The van der Waals surface area contributed by atoms with Gasteiger partial charge in [0.1, 0.15) is 72.2 Å². The third-order valence-electron chi connectivity index (χ3n) is 13.8. The molecule has 0 aromatic heterocycles. The van der Waals surface area contributed by atoms with E-state index in [0.29, 0.717) is 12.0 Å². The van der Waals surface area contributed by atoms with E-state index in [2.05, 4.69) is 47.9 Å². The van der Waals surface area contributed by atoms with Crippen molar-refractivity contribution in [2.45, 2.75) is 239 Å². The maximum Gasteiger partial charge on any atom is 0.408 e. The Balaban J connectivity index is 2.32. The van der Waals surface area contributed by atoms with E-state index in [1.807, 2.05) is 13.8 Å². The molecule has 0 radical (unpaired) electrons. The number of nitrogens with two attached hydrogens (primary N) is 1. The first-order valence-corrected chi connectivity index (χ1v) is 30.7. The summed E-state index contributed by atoms with van der Waals surface area (Å²) in [6.07, 6.45) is -4.72. The maximum absolute atomic E-state index is 14.4. The highest BCUT2D eigenvalue weighted by Gasteiger charge is 2.42. The van der Waals surface area contributed by atoms with Crippen LogP contribution in [0.15, 0.2) is 30.3 Å². The van der Waals surface area contributed by atoms with E-state index in [9.17, 15) is 72.9 Å². The van der Waals surface area contributed by atoms with E-state index >= 15 is 0 Å². The van der Waals surface area contributed by atoms with E-state index in [1.54, 1.807) is 99.6 Å². The van der Waals surface area contributed by atoms with E-state index in [-0.39, 0.29) is 70.1 Å². The third-order valence-corrected chi connectivity index (χ3v) is 13.8. The number of esters is 1. The summed E-state index contributed by atoms with van der Waals surface area (Å²) >= 11 is 0. The van der Waals surface area contributed by atoms with Crippen LogP contribution in [0.5, 0.6) is 0 Å². The van der Waals surface area contributed by atoms with E-state index < -0.39 is 174 Å². The molecule has 1 aliphatic heterocycles. The summed E-state index contributed by atoms with van der Waals surface area (Å²) < 4.78 is 16.1. The van der Waals surface area contributed by atoms with Crippen molar-refractivity contribution in [1.82, 2.24) is 52.8 Å². The molecule has 0 saturated carbocycles. The summed E-state index contributed by atoms with van der Waals surface area (Å²) in [5, 5.41) is 54.7. The number of likely N-dealkylation sites (tertiary alicyclic amines) is 1. The Bertz CT molecular complexity index is 2570. The first kappa shape index (κ1) is 78.4. The predicted molar refractivity (Wildman–Crippen MR) is 328 cm³/mol. The first-order valence-electron chi connectivity index (χ1n) is 30.7. The normalized spacial score (nSPS) is 16.7. The predicted octanol–water partition coefficient (Wildman–Crippen LogP) is 0.470. The number of unbranched alkanes of at least 4 members (excludes halogenated alkanes) is 1. The smallest absolute Gasteiger partial charge is 0.408 e. The highest BCUT2D eigenvalue weighted by molar-refractivity contribution is 5.99. The van der Waals surface area contributed by atoms with Crippen LogP contribution in [0.1, 0.15) is 160 Å². The second kappa shape index (κ2) is 37.5. The van der Waals surface area contributed by atoms with Gasteiger partial charge in [0.25, 0.3) is 0 Å². The van der Waals surface area contributed by atoms with Crippen LogP contribution in [-0.4, -0.2) is 189 Å². The van der Waals surface area contributed by atoms with Crippen LogP contribution < -0.4 is 53.6 Å². The second-order valence-corrected chi connectivity index (χ2v) is 25.8. The lowest BCUT2D eigenvalue weighted by Gasteiger charge is -2.32. The lowest BCUT2D eigenvalue weighted by Crippen LogP contribution is -2.62. The largest absolute Gasteiger partial charge is 0.458 e. The molecule has 508 valence electrons. The molecule has 90 heavy (non-hydrogen) atoms. The minimum Gasteiger partial charge on any atom is -0.458 e. The molecule has 2 rings (SSSR count). The van der Waals surface area contributed by atoms with Crippen LogP contribution in [0.3, 0.4) is 0 Å².